The van der Waals surface area contributed by atoms with E-state index in [1.165, 1.54) is 11.1 Å². The van der Waals surface area contributed by atoms with Crippen molar-refractivity contribution in [3.63, 3.8) is 0 Å². The maximum atomic E-state index is 6.06. The second-order valence-electron chi connectivity index (χ2n) is 6.80. The highest BCUT2D eigenvalue weighted by Gasteiger charge is 2.28. The van der Waals surface area contributed by atoms with Gasteiger partial charge in [-0.1, -0.05) is 38.1 Å². The van der Waals surface area contributed by atoms with Crippen LogP contribution in [0, 0.1) is 5.92 Å². The average molecular weight is 290 g/mol. The SMILES string of the molecule is CC(C)Cc1ccc(C(CN)N2CC(C)OC(C)C2)cc1. The van der Waals surface area contributed by atoms with E-state index in [0.29, 0.717) is 18.5 Å². The minimum Gasteiger partial charge on any atom is -0.373 e. The molecule has 0 saturated carbocycles. The lowest BCUT2D eigenvalue weighted by Crippen LogP contribution is -2.48. The van der Waals surface area contributed by atoms with Crippen molar-refractivity contribution in [1.29, 1.82) is 0 Å². The lowest BCUT2D eigenvalue weighted by atomic mass is 9.98. The topological polar surface area (TPSA) is 38.5 Å². The third-order valence-electron chi connectivity index (χ3n) is 4.12. The van der Waals surface area contributed by atoms with Gasteiger partial charge in [0.25, 0.3) is 0 Å². The Bertz CT molecular complexity index is 419. The van der Waals surface area contributed by atoms with E-state index in [9.17, 15) is 0 Å². The predicted octanol–water partition coefficient (Wildman–Crippen LogP) is 2.99. The summed E-state index contributed by atoms with van der Waals surface area (Å²) in [7, 11) is 0. The number of nitrogens with two attached hydrogens (primary N) is 1. The van der Waals surface area contributed by atoms with Gasteiger partial charge < -0.3 is 10.5 Å². The fraction of sp³-hybridized carbons (Fsp3) is 0.667. The van der Waals surface area contributed by atoms with Crippen LogP contribution in [0.2, 0.25) is 0 Å². The normalized spacial score (nSPS) is 25.2. The van der Waals surface area contributed by atoms with Crippen LogP contribution in [0.25, 0.3) is 0 Å². The quantitative estimate of drug-likeness (QED) is 0.906. The largest absolute Gasteiger partial charge is 0.373 e. The average Bonchev–Trinajstić information content (AvgIpc) is 2.40. The summed E-state index contributed by atoms with van der Waals surface area (Å²) in [6.45, 7) is 11.4. The van der Waals surface area contributed by atoms with Crippen LogP contribution in [0.4, 0.5) is 0 Å². The van der Waals surface area contributed by atoms with Crippen molar-refractivity contribution in [1.82, 2.24) is 4.90 Å². The molecule has 118 valence electrons. The van der Waals surface area contributed by atoms with Gasteiger partial charge in [0.05, 0.1) is 12.2 Å². The summed E-state index contributed by atoms with van der Waals surface area (Å²) in [4.78, 5) is 2.47. The van der Waals surface area contributed by atoms with Crippen molar-refractivity contribution < 1.29 is 4.74 Å². The van der Waals surface area contributed by atoms with Gasteiger partial charge in [-0.25, -0.2) is 0 Å². The zero-order valence-electron chi connectivity index (χ0n) is 13.9. The van der Waals surface area contributed by atoms with Crippen LogP contribution in [0.1, 0.15) is 44.9 Å². The van der Waals surface area contributed by atoms with E-state index in [4.69, 9.17) is 10.5 Å². The number of rotatable bonds is 5. The molecule has 3 heteroatoms. The molecule has 1 aromatic carbocycles. The molecule has 21 heavy (non-hydrogen) atoms. The first-order valence-electron chi connectivity index (χ1n) is 8.18. The Balaban J connectivity index is 2.09. The second kappa shape index (κ2) is 7.39. The van der Waals surface area contributed by atoms with E-state index in [0.717, 1.165) is 19.5 Å². The first-order chi connectivity index (χ1) is 9.99. The van der Waals surface area contributed by atoms with Crippen LogP contribution in [0.3, 0.4) is 0 Å². The summed E-state index contributed by atoms with van der Waals surface area (Å²) < 4.78 is 5.83. The zero-order chi connectivity index (χ0) is 15.4. The molecule has 0 spiro atoms. The Morgan fingerprint density at radius 2 is 1.71 bits per heavy atom. The number of nitrogens with zero attached hydrogens (tertiary/aromatic N) is 1. The predicted molar refractivity (Wildman–Crippen MR) is 88.4 cm³/mol. The van der Waals surface area contributed by atoms with Crippen molar-refractivity contribution in [2.75, 3.05) is 19.6 Å². The van der Waals surface area contributed by atoms with E-state index >= 15 is 0 Å². The minimum atomic E-state index is 0.281. The molecule has 0 aliphatic carbocycles. The van der Waals surface area contributed by atoms with Crippen molar-refractivity contribution >= 4 is 0 Å². The Labute approximate surface area is 129 Å². The lowest BCUT2D eigenvalue weighted by Gasteiger charge is -2.40. The summed E-state index contributed by atoms with van der Waals surface area (Å²) in [6, 6.07) is 9.31. The molecule has 0 amide bonds. The number of benzene rings is 1. The van der Waals surface area contributed by atoms with Crippen molar-refractivity contribution in [3.05, 3.63) is 35.4 Å². The monoisotopic (exact) mass is 290 g/mol. The number of hydrogen-bond donors (Lipinski definition) is 1. The molecule has 3 unspecified atom stereocenters. The van der Waals surface area contributed by atoms with Gasteiger partial charge >= 0.3 is 0 Å². The summed E-state index contributed by atoms with van der Waals surface area (Å²) in [6.07, 6.45) is 1.70. The molecule has 1 fully saturated rings. The smallest absolute Gasteiger partial charge is 0.0678 e. The lowest BCUT2D eigenvalue weighted by molar-refractivity contribution is -0.0799. The van der Waals surface area contributed by atoms with Gasteiger partial charge in [-0.05, 0) is 37.3 Å². The van der Waals surface area contributed by atoms with Crippen LogP contribution < -0.4 is 5.73 Å². The Hall–Kier alpha value is -0.900. The highest BCUT2D eigenvalue weighted by Crippen LogP contribution is 2.25. The summed E-state index contributed by atoms with van der Waals surface area (Å²) in [5.41, 5.74) is 8.80. The minimum absolute atomic E-state index is 0.281. The Morgan fingerprint density at radius 1 is 1.14 bits per heavy atom. The molecule has 1 aromatic rings. The molecule has 2 N–H and O–H groups in total. The van der Waals surface area contributed by atoms with Gasteiger partial charge in [0.15, 0.2) is 0 Å². The van der Waals surface area contributed by atoms with Gasteiger partial charge in [0, 0.05) is 25.7 Å². The van der Waals surface area contributed by atoms with Gasteiger partial charge in [-0.15, -0.1) is 0 Å². The van der Waals surface area contributed by atoms with Crippen molar-refractivity contribution in [3.8, 4) is 0 Å². The maximum Gasteiger partial charge on any atom is 0.0678 e. The molecule has 3 nitrogen and oxygen atoms in total. The van der Waals surface area contributed by atoms with Crippen molar-refractivity contribution in [2.45, 2.75) is 52.4 Å². The molecule has 1 aliphatic rings. The summed E-state index contributed by atoms with van der Waals surface area (Å²) in [5.74, 6) is 0.696. The molecule has 1 aliphatic heterocycles. The van der Waals surface area contributed by atoms with E-state index in [2.05, 4.69) is 56.9 Å². The van der Waals surface area contributed by atoms with Gasteiger partial charge in [0.2, 0.25) is 0 Å². The van der Waals surface area contributed by atoms with Gasteiger partial charge in [0.1, 0.15) is 0 Å². The van der Waals surface area contributed by atoms with E-state index in [1.54, 1.807) is 0 Å². The molecular weight excluding hydrogens is 260 g/mol. The van der Waals surface area contributed by atoms with Gasteiger partial charge in [-0.3, -0.25) is 4.90 Å². The van der Waals surface area contributed by atoms with Crippen LogP contribution in [-0.4, -0.2) is 36.7 Å². The van der Waals surface area contributed by atoms with Crippen LogP contribution in [-0.2, 0) is 11.2 Å². The molecule has 1 heterocycles. The first-order valence-corrected chi connectivity index (χ1v) is 8.18. The van der Waals surface area contributed by atoms with Crippen LogP contribution in [0.15, 0.2) is 24.3 Å². The molecule has 1 saturated heterocycles. The molecule has 0 bridgehead atoms. The summed E-state index contributed by atoms with van der Waals surface area (Å²) >= 11 is 0. The van der Waals surface area contributed by atoms with E-state index < -0.39 is 0 Å². The standard InChI is InChI=1S/C18H30N2O/c1-13(2)9-16-5-7-17(8-6-16)18(10-19)20-11-14(3)21-15(4)12-20/h5-8,13-15,18H,9-12,19H2,1-4H3. The fourth-order valence-electron chi connectivity index (χ4n) is 3.32. The highest BCUT2D eigenvalue weighted by atomic mass is 16.5. The maximum absolute atomic E-state index is 6.06. The van der Waals surface area contributed by atoms with E-state index in [-0.39, 0.29) is 12.2 Å². The third-order valence-corrected chi connectivity index (χ3v) is 4.12. The highest BCUT2D eigenvalue weighted by molar-refractivity contribution is 5.26. The van der Waals surface area contributed by atoms with Crippen LogP contribution in [0.5, 0.6) is 0 Å². The number of ether oxygens (including phenoxy) is 1. The van der Waals surface area contributed by atoms with E-state index in [1.807, 2.05) is 0 Å². The Kier molecular flexibility index (Phi) is 5.80. The second-order valence-corrected chi connectivity index (χ2v) is 6.80. The molecule has 3 atom stereocenters. The molecule has 0 radical (unpaired) electrons. The number of morpholine rings is 1. The Morgan fingerprint density at radius 3 is 2.19 bits per heavy atom. The zero-order valence-corrected chi connectivity index (χ0v) is 13.9. The van der Waals surface area contributed by atoms with Crippen LogP contribution >= 0.6 is 0 Å². The molecular formula is C18H30N2O. The van der Waals surface area contributed by atoms with Gasteiger partial charge in [-0.2, -0.15) is 0 Å². The summed E-state index contributed by atoms with van der Waals surface area (Å²) in [5, 5.41) is 0. The van der Waals surface area contributed by atoms with Crippen molar-refractivity contribution in [2.24, 2.45) is 11.7 Å². The molecule has 0 aromatic heterocycles. The molecule has 2 rings (SSSR count). The first kappa shape index (κ1) is 16.5. The third kappa shape index (κ3) is 4.53. The number of hydrogen-bond acceptors (Lipinski definition) is 3. The fourth-order valence-corrected chi connectivity index (χ4v) is 3.32.